The molecule has 0 N–H and O–H groups in total. The fourth-order valence-electron chi connectivity index (χ4n) is 2.32. The van der Waals surface area contributed by atoms with Gasteiger partial charge in [-0.25, -0.2) is 0 Å². The summed E-state index contributed by atoms with van der Waals surface area (Å²) in [7, 11) is 0. The standard InChI is InChI=1S/C16H20F3NO/c1-11(2)10-20(14-7-8-14)15(21)9-12-3-5-13(6-4-12)16(17,18)19/h3-6,11,14H,7-10H2,1-2H3. The van der Waals surface area contributed by atoms with Gasteiger partial charge in [0, 0.05) is 12.6 Å². The summed E-state index contributed by atoms with van der Waals surface area (Å²) in [6, 6.07) is 5.18. The molecule has 116 valence electrons. The Bertz CT molecular complexity index is 489. The van der Waals surface area contributed by atoms with Crippen LogP contribution in [0.4, 0.5) is 13.2 Å². The first-order valence-electron chi connectivity index (χ1n) is 7.23. The quantitative estimate of drug-likeness (QED) is 0.807. The van der Waals surface area contributed by atoms with Gasteiger partial charge >= 0.3 is 6.18 Å². The van der Waals surface area contributed by atoms with Gasteiger partial charge in [-0.1, -0.05) is 26.0 Å². The maximum absolute atomic E-state index is 12.5. The zero-order valence-electron chi connectivity index (χ0n) is 12.3. The molecular weight excluding hydrogens is 279 g/mol. The van der Waals surface area contributed by atoms with Crippen LogP contribution in [0.25, 0.3) is 0 Å². The first-order valence-corrected chi connectivity index (χ1v) is 7.23. The minimum absolute atomic E-state index is 0.00552. The van der Waals surface area contributed by atoms with Crippen LogP contribution in [0.3, 0.4) is 0 Å². The summed E-state index contributed by atoms with van der Waals surface area (Å²) < 4.78 is 37.5. The maximum atomic E-state index is 12.5. The predicted molar refractivity (Wildman–Crippen MR) is 74.7 cm³/mol. The van der Waals surface area contributed by atoms with Gasteiger partial charge in [-0.15, -0.1) is 0 Å². The molecule has 1 aromatic carbocycles. The number of hydrogen-bond acceptors (Lipinski definition) is 1. The second-order valence-corrected chi connectivity index (χ2v) is 6.04. The zero-order chi connectivity index (χ0) is 15.6. The van der Waals surface area contributed by atoms with Crippen LogP contribution in [-0.4, -0.2) is 23.4 Å². The minimum Gasteiger partial charge on any atom is -0.339 e. The predicted octanol–water partition coefficient (Wildman–Crippen LogP) is 3.89. The van der Waals surface area contributed by atoms with Gasteiger partial charge in [0.05, 0.1) is 12.0 Å². The van der Waals surface area contributed by atoms with Crippen molar-refractivity contribution in [2.75, 3.05) is 6.54 Å². The SMILES string of the molecule is CC(C)CN(C(=O)Cc1ccc(C(F)(F)F)cc1)C1CC1. The third kappa shape index (κ3) is 4.48. The summed E-state index contributed by atoms with van der Waals surface area (Å²) in [5, 5.41) is 0. The number of rotatable bonds is 5. The largest absolute Gasteiger partial charge is 0.416 e. The molecule has 0 atom stereocenters. The highest BCUT2D eigenvalue weighted by molar-refractivity contribution is 5.79. The molecule has 0 unspecified atom stereocenters. The van der Waals surface area contributed by atoms with Gasteiger partial charge in [-0.3, -0.25) is 4.79 Å². The lowest BCUT2D eigenvalue weighted by molar-refractivity contribution is -0.137. The number of alkyl halides is 3. The molecular formula is C16H20F3NO. The molecule has 1 amide bonds. The molecule has 1 fully saturated rings. The van der Waals surface area contributed by atoms with E-state index >= 15 is 0 Å². The van der Waals surface area contributed by atoms with E-state index < -0.39 is 11.7 Å². The van der Waals surface area contributed by atoms with Crippen LogP contribution in [0.5, 0.6) is 0 Å². The van der Waals surface area contributed by atoms with E-state index in [2.05, 4.69) is 13.8 Å². The summed E-state index contributed by atoms with van der Waals surface area (Å²) in [6.07, 6.45) is -2.10. The Balaban J connectivity index is 2.01. The van der Waals surface area contributed by atoms with Gasteiger partial charge in [0.2, 0.25) is 5.91 Å². The van der Waals surface area contributed by atoms with Gasteiger partial charge < -0.3 is 4.90 Å². The summed E-state index contributed by atoms with van der Waals surface area (Å²) in [6.45, 7) is 4.83. The first-order chi connectivity index (χ1) is 9.77. The molecule has 21 heavy (non-hydrogen) atoms. The van der Waals surface area contributed by atoms with Gasteiger partial charge in [0.15, 0.2) is 0 Å². The van der Waals surface area contributed by atoms with Crippen LogP contribution in [0.1, 0.15) is 37.8 Å². The molecule has 0 heterocycles. The highest BCUT2D eigenvalue weighted by Gasteiger charge is 2.33. The minimum atomic E-state index is -4.33. The van der Waals surface area contributed by atoms with E-state index in [9.17, 15) is 18.0 Å². The fourth-order valence-corrected chi connectivity index (χ4v) is 2.32. The molecule has 0 saturated heterocycles. The number of amides is 1. The maximum Gasteiger partial charge on any atom is 0.416 e. The molecule has 2 rings (SSSR count). The van der Waals surface area contributed by atoms with Crippen LogP contribution in [0.15, 0.2) is 24.3 Å². The Kier molecular flexibility index (Phi) is 4.59. The Morgan fingerprint density at radius 1 is 1.24 bits per heavy atom. The van der Waals surface area contributed by atoms with Crippen LogP contribution >= 0.6 is 0 Å². The molecule has 5 heteroatoms. The van der Waals surface area contributed by atoms with Crippen molar-refractivity contribution in [2.45, 2.75) is 45.3 Å². The molecule has 0 spiro atoms. The highest BCUT2D eigenvalue weighted by atomic mass is 19.4. The van der Waals surface area contributed by atoms with Crippen molar-refractivity contribution in [3.05, 3.63) is 35.4 Å². The summed E-state index contributed by atoms with van der Waals surface area (Å²) in [5.74, 6) is 0.396. The number of nitrogens with zero attached hydrogens (tertiary/aromatic N) is 1. The number of carbonyl (C=O) groups excluding carboxylic acids is 1. The summed E-state index contributed by atoms with van der Waals surface area (Å²) in [4.78, 5) is 14.2. The number of hydrogen-bond donors (Lipinski definition) is 0. The van der Waals surface area contributed by atoms with Crippen molar-refractivity contribution in [1.29, 1.82) is 0 Å². The topological polar surface area (TPSA) is 20.3 Å². The van der Waals surface area contributed by atoms with Crippen LogP contribution in [-0.2, 0) is 17.4 Å². The van der Waals surface area contributed by atoms with E-state index in [1.807, 2.05) is 4.90 Å². The van der Waals surface area contributed by atoms with E-state index in [-0.39, 0.29) is 12.3 Å². The van der Waals surface area contributed by atoms with Gasteiger partial charge in [-0.2, -0.15) is 13.2 Å². The smallest absolute Gasteiger partial charge is 0.339 e. The Morgan fingerprint density at radius 3 is 2.24 bits per heavy atom. The summed E-state index contributed by atoms with van der Waals surface area (Å²) in [5.41, 5.74) is -0.0534. The third-order valence-electron chi connectivity index (χ3n) is 3.51. The highest BCUT2D eigenvalue weighted by Crippen LogP contribution is 2.30. The molecule has 0 aromatic heterocycles. The monoisotopic (exact) mass is 299 g/mol. The average molecular weight is 299 g/mol. The second kappa shape index (κ2) is 6.08. The van der Waals surface area contributed by atoms with E-state index in [1.54, 1.807) is 0 Å². The average Bonchev–Trinajstić information content (AvgIpc) is 3.19. The molecule has 0 radical (unpaired) electrons. The lowest BCUT2D eigenvalue weighted by atomic mass is 10.1. The van der Waals surface area contributed by atoms with E-state index in [1.165, 1.54) is 12.1 Å². The second-order valence-electron chi connectivity index (χ2n) is 6.04. The van der Waals surface area contributed by atoms with Crippen molar-refractivity contribution in [3.63, 3.8) is 0 Å². The Hall–Kier alpha value is -1.52. The number of carbonyl (C=O) groups is 1. The van der Waals surface area contributed by atoms with Crippen molar-refractivity contribution < 1.29 is 18.0 Å². The van der Waals surface area contributed by atoms with Crippen molar-refractivity contribution in [1.82, 2.24) is 4.90 Å². The third-order valence-corrected chi connectivity index (χ3v) is 3.51. The first kappa shape index (κ1) is 15.9. The normalized spacial score (nSPS) is 15.3. The molecule has 0 bridgehead atoms. The zero-order valence-corrected chi connectivity index (χ0v) is 12.3. The lowest BCUT2D eigenvalue weighted by Crippen LogP contribution is -2.37. The fraction of sp³-hybridized carbons (Fsp3) is 0.562. The molecule has 1 aromatic rings. The number of benzene rings is 1. The van der Waals surface area contributed by atoms with Gasteiger partial charge in [-0.05, 0) is 36.5 Å². The molecule has 2 nitrogen and oxygen atoms in total. The Morgan fingerprint density at radius 2 is 1.81 bits per heavy atom. The van der Waals surface area contributed by atoms with E-state index in [0.717, 1.165) is 25.0 Å². The van der Waals surface area contributed by atoms with Gasteiger partial charge in [0.1, 0.15) is 0 Å². The van der Waals surface area contributed by atoms with Crippen molar-refractivity contribution >= 4 is 5.91 Å². The van der Waals surface area contributed by atoms with Gasteiger partial charge in [0.25, 0.3) is 0 Å². The van der Waals surface area contributed by atoms with Crippen molar-refractivity contribution in [2.24, 2.45) is 5.92 Å². The molecule has 0 aliphatic heterocycles. The lowest BCUT2D eigenvalue weighted by Gasteiger charge is -2.24. The molecule has 1 aliphatic rings. The van der Waals surface area contributed by atoms with Crippen LogP contribution in [0, 0.1) is 5.92 Å². The summed E-state index contributed by atoms with van der Waals surface area (Å²) >= 11 is 0. The van der Waals surface area contributed by atoms with E-state index in [4.69, 9.17) is 0 Å². The van der Waals surface area contributed by atoms with Crippen molar-refractivity contribution in [3.8, 4) is 0 Å². The molecule has 1 aliphatic carbocycles. The Labute approximate surface area is 122 Å². The molecule has 1 saturated carbocycles. The number of halogens is 3. The van der Waals surface area contributed by atoms with Crippen LogP contribution < -0.4 is 0 Å². The van der Waals surface area contributed by atoms with Crippen LogP contribution in [0.2, 0.25) is 0 Å². The van der Waals surface area contributed by atoms with E-state index in [0.29, 0.717) is 24.1 Å².